The van der Waals surface area contributed by atoms with Crippen LogP contribution in [0.5, 0.6) is 0 Å². The smallest absolute Gasteiger partial charge is 0.173 e. The minimum absolute atomic E-state index is 0.808. The van der Waals surface area contributed by atoms with Crippen LogP contribution in [0.1, 0.15) is 42.2 Å². The molecule has 0 atom stereocenters. The molecule has 2 aromatic rings. The quantitative estimate of drug-likeness (QED) is 0.514. The highest BCUT2D eigenvalue weighted by molar-refractivity contribution is 7.80. The second kappa shape index (κ2) is 11.4. The molecule has 1 N–H and O–H groups in total. The van der Waals surface area contributed by atoms with Gasteiger partial charge in [0.25, 0.3) is 0 Å². The number of hydrogen-bond acceptors (Lipinski definition) is 3. The van der Waals surface area contributed by atoms with Crippen molar-refractivity contribution in [2.24, 2.45) is 0 Å². The fourth-order valence-corrected chi connectivity index (χ4v) is 3.93. The SMILES string of the molecule is CCCCN(C)CCCN(Cc1cccs1)C(=S)Nc1ccc(C)c(C)c1. The average molecular weight is 404 g/mol. The van der Waals surface area contributed by atoms with E-state index in [1.54, 1.807) is 11.3 Å². The highest BCUT2D eigenvalue weighted by Crippen LogP contribution is 2.17. The van der Waals surface area contributed by atoms with Gasteiger partial charge >= 0.3 is 0 Å². The van der Waals surface area contributed by atoms with Crippen molar-refractivity contribution in [2.45, 2.75) is 46.6 Å². The minimum atomic E-state index is 0.808. The zero-order valence-corrected chi connectivity index (χ0v) is 18.8. The van der Waals surface area contributed by atoms with Gasteiger partial charge in [-0.3, -0.25) is 0 Å². The molecule has 5 heteroatoms. The van der Waals surface area contributed by atoms with Crippen molar-refractivity contribution in [3.8, 4) is 0 Å². The first-order chi connectivity index (χ1) is 13.0. The molecule has 27 heavy (non-hydrogen) atoms. The summed E-state index contributed by atoms with van der Waals surface area (Å²) in [5.74, 6) is 0. The molecule has 0 spiro atoms. The third-order valence-corrected chi connectivity index (χ3v) is 6.05. The molecule has 0 aliphatic heterocycles. The van der Waals surface area contributed by atoms with Gasteiger partial charge in [0.1, 0.15) is 0 Å². The molecule has 0 aliphatic rings. The molecule has 0 saturated heterocycles. The van der Waals surface area contributed by atoms with Gasteiger partial charge in [-0.1, -0.05) is 25.5 Å². The lowest BCUT2D eigenvalue weighted by molar-refractivity contribution is 0.300. The Labute approximate surface area is 174 Å². The number of rotatable bonds is 10. The van der Waals surface area contributed by atoms with E-state index in [9.17, 15) is 0 Å². The third-order valence-electron chi connectivity index (χ3n) is 4.83. The van der Waals surface area contributed by atoms with Gasteiger partial charge in [-0.15, -0.1) is 11.3 Å². The summed E-state index contributed by atoms with van der Waals surface area (Å²) in [6, 6.07) is 10.7. The Bertz CT molecular complexity index is 698. The lowest BCUT2D eigenvalue weighted by Gasteiger charge is -2.27. The van der Waals surface area contributed by atoms with E-state index in [2.05, 4.69) is 78.6 Å². The largest absolute Gasteiger partial charge is 0.344 e. The lowest BCUT2D eigenvalue weighted by atomic mass is 10.1. The van der Waals surface area contributed by atoms with Crippen molar-refractivity contribution in [3.63, 3.8) is 0 Å². The van der Waals surface area contributed by atoms with E-state index in [-0.39, 0.29) is 0 Å². The number of anilines is 1. The van der Waals surface area contributed by atoms with E-state index < -0.39 is 0 Å². The number of thiophene rings is 1. The minimum Gasteiger partial charge on any atom is -0.344 e. The standard InChI is InChI=1S/C22H33N3S2/c1-5-6-12-24(4)13-8-14-25(17-21-9-7-15-27-21)22(26)23-20-11-10-18(2)19(3)16-20/h7,9-11,15-16H,5-6,8,12-14,17H2,1-4H3,(H,23,26). The first-order valence-electron chi connectivity index (χ1n) is 9.83. The fraction of sp³-hybridized carbons (Fsp3) is 0.500. The van der Waals surface area contributed by atoms with Gasteiger partial charge in [-0.05, 0) is 93.8 Å². The summed E-state index contributed by atoms with van der Waals surface area (Å²) in [7, 11) is 2.21. The second-order valence-corrected chi connectivity index (χ2v) is 8.66. The van der Waals surface area contributed by atoms with Gasteiger partial charge in [-0.25, -0.2) is 0 Å². The number of hydrogen-bond donors (Lipinski definition) is 1. The van der Waals surface area contributed by atoms with Crippen LogP contribution in [-0.4, -0.2) is 41.6 Å². The zero-order chi connectivity index (χ0) is 19.6. The first-order valence-corrected chi connectivity index (χ1v) is 11.1. The Morgan fingerprint density at radius 3 is 2.52 bits per heavy atom. The van der Waals surface area contributed by atoms with Gasteiger partial charge in [0, 0.05) is 17.1 Å². The third kappa shape index (κ3) is 7.60. The summed E-state index contributed by atoms with van der Waals surface area (Å²) in [6.45, 7) is 10.6. The van der Waals surface area contributed by atoms with Crippen LogP contribution in [-0.2, 0) is 6.54 Å². The molecule has 148 valence electrons. The van der Waals surface area contributed by atoms with E-state index in [4.69, 9.17) is 12.2 Å². The lowest BCUT2D eigenvalue weighted by Crippen LogP contribution is -2.36. The van der Waals surface area contributed by atoms with Crippen molar-refractivity contribution in [3.05, 3.63) is 51.7 Å². The molecule has 0 fully saturated rings. The number of nitrogens with zero attached hydrogens (tertiary/aromatic N) is 2. The van der Waals surface area contributed by atoms with Crippen LogP contribution >= 0.6 is 23.6 Å². The molecule has 0 amide bonds. The summed E-state index contributed by atoms with van der Waals surface area (Å²) in [4.78, 5) is 6.06. The number of aryl methyl sites for hydroxylation is 2. The average Bonchev–Trinajstić information content (AvgIpc) is 3.15. The highest BCUT2D eigenvalue weighted by Gasteiger charge is 2.12. The van der Waals surface area contributed by atoms with Crippen LogP contribution in [0.3, 0.4) is 0 Å². The second-order valence-electron chi connectivity index (χ2n) is 7.24. The van der Waals surface area contributed by atoms with Gasteiger partial charge in [-0.2, -0.15) is 0 Å². The maximum absolute atomic E-state index is 5.76. The maximum Gasteiger partial charge on any atom is 0.173 e. The van der Waals surface area contributed by atoms with E-state index >= 15 is 0 Å². The summed E-state index contributed by atoms with van der Waals surface area (Å²) in [6.07, 6.45) is 3.63. The number of thiocarbonyl (C=S) groups is 1. The van der Waals surface area contributed by atoms with Crippen molar-refractivity contribution < 1.29 is 0 Å². The normalized spacial score (nSPS) is 11.0. The maximum atomic E-state index is 5.76. The summed E-state index contributed by atoms with van der Waals surface area (Å²) < 4.78 is 0. The predicted molar refractivity (Wildman–Crippen MR) is 124 cm³/mol. The molecule has 0 aliphatic carbocycles. The predicted octanol–water partition coefficient (Wildman–Crippen LogP) is 5.69. The molecule has 2 rings (SSSR count). The Hall–Kier alpha value is -1.43. The summed E-state index contributed by atoms with van der Waals surface area (Å²) in [5, 5.41) is 6.38. The van der Waals surface area contributed by atoms with Crippen LogP contribution in [0.4, 0.5) is 5.69 Å². The first kappa shape index (κ1) is 21.9. The van der Waals surface area contributed by atoms with E-state index in [1.807, 2.05) is 0 Å². The number of unbranched alkanes of at least 4 members (excludes halogenated alkanes) is 1. The zero-order valence-electron chi connectivity index (χ0n) is 17.1. The molecule has 1 aromatic heterocycles. The molecular formula is C22H33N3S2. The van der Waals surface area contributed by atoms with E-state index in [1.165, 1.54) is 35.4 Å². The summed E-state index contributed by atoms with van der Waals surface area (Å²) >= 11 is 7.55. The van der Waals surface area contributed by atoms with Crippen LogP contribution in [0.25, 0.3) is 0 Å². The Morgan fingerprint density at radius 2 is 1.85 bits per heavy atom. The van der Waals surface area contributed by atoms with Gasteiger partial charge in [0.05, 0.1) is 6.54 Å². The molecule has 0 radical (unpaired) electrons. The van der Waals surface area contributed by atoms with Gasteiger partial charge in [0.2, 0.25) is 0 Å². The van der Waals surface area contributed by atoms with Crippen molar-refractivity contribution in [2.75, 3.05) is 32.0 Å². The van der Waals surface area contributed by atoms with Gasteiger partial charge < -0.3 is 15.1 Å². The van der Waals surface area contributed by atoms with Crippen LogP contribution in [0.2, 0.25) is 0 Å². The number of nitrogens with one attached hydrogen (secondary N) is 1. The van der Waals surface area contributed by atoms with Crippen molar-refractivity contribution in [1.29, 1.82) is 0 Å². The van der Waals surface area contributed by atoms with Crippen molar-refractivity contribution >= 4 is 34.4 Å². The van der Waals surface area contributed by atoms with Crippen LogP contribution in [0, 0.1) is 13.8 Å². The summed E-state index contributed by atoms with van der Waals surface area (Å²) in [5.41, 5.74) is 3.65. The molecule has 0 unspecified atom stereocenters. The Balaban J connectivity index is 1.95. The number of benzene rings is 1. The fourth-order valence-electron chi connectivity index (χ4n) is 2.94. The van der Waals surface area contributed by atoms with Crippen LogP contribution < -0.4 is 5.32 Å². The Kier molecular flexibility index (Phi) is 9.25. The molecule has 3 nitrogen and oxygen atoms in total. The molecular weight excluding hydrogens is 370 g/mol. The highest BCUT2D eigenvalue weighted by atomic mass is 32.1. The monoisotopic (exact) mass is 403 g/mol. The van der Waals surface area contributed by atoms with E-state index in [0.29, 0.717) is 0 Å². The molecule has 1 heterocycles. The van der Waals surface area contributed by atoms with Crippen molar-refractivity contribution in [1.82, 2.24) is 9.80 Å². The van der Waals surface area contributed by atoms with Crippen LogP contribution in [0.15, 0.2) is 35.7 Å². The topological polar surface area (TPSA) is 18.5 Å². The molecule has 0 bridgehead atoms. The van der Waals surface area contributed by atoms with E-state index in [0.717, 1.165) is 36.9 Å². The Morgan fingerprint density at radius 1 is 1.07 bits per heavy atom. The van der Waals surface area contributed by atoms with Gasteiger partial charge in [0.15, 0.2) is 5.11 Å². The molecule has 1 aromatic carbocycles. The molecule has 0 saturated carbocycles.